The zero-order valence-electron chi connectivity index (χ0n) is 25.6. The fourth-order valence-electron chi connectivity index (χ4n) is 5.05. The average Bonchev–Trinajstić information content (AvgIpc) is 3.42. The number of allylic oxidation sites excluding steroid dienone is 2. The third-order valence-electron chi connectivity index (χ3n) is 7.45. The molecule has 2 aromatic carbocycles. The number of carbonyl (C=O) groups is 2. The van der Waals surface area contributed by atoms with Crippen molar-refractivity contribution in [2.75, 3.05) is 0 Å². The molecule has 236 valence electrons. The summed E-state index contributed by atoms with van der Waals surface area (Å²) in [6.45, 7) is 3.32. The van der Waals surface area contributed by atoms with Crippen LogP contribution in [0.5, 0.6) is 0 Å². The Balaban J connectivity index is 0.000000326. The van der Waals surface area contributed by atoms with Crippen LogP contribution in [0, 0.1) is 16.0 Å². The molecule has 0 radical (unpaired) electrons. The Kier molecular flexibility index (Phi) is 17.4. The van der Waals surface area contributed by atoms with E-state index in [9.17, 15) is 24.8 Å². The summed E-state index contributed by atoms with van der Waals surface area (Å²) in [5.74, 6) is -0.136. The third kappa shape index (κ3) is 15.9. The fraction of sp³-hybridized carbons (Fsp3) is 0.529. The van der Waals surface area contributed by atoms with Gasteiger partial charge >= 0.3 is 5.97 Å². The molecule has 1 aliphatic rings. The Labute approximate surface area is 255 Å². The topological polar surface area (TPSA) is 128 Å². The van der Waals surface area contributed by atoms with Crippen LogP contribution < -0.4 is 5.32 Å². The lowest BCUT2D eigenvalue weighted by atomic mass is 9.97. The first-order valence-corrected chi connectivity index (χ1v) is 15.4. The van der Waals surface area contributed by atoms with Crippen molar-refractivity contribution in [2.24, 2.45) is 5.92 Å². The van der Waals surface area contributed by atoms with Gasteiger partial charge in [0.2, 0.25) is 5.91 Å². The number of benzene rings is 2. The summed E-state index contributed by atoms with van der Waals surface area (Å²) in [4.78, 5) is 38.2. The number of rotatable bonds is 17. The Morgan fingerprint density at radius 1 is 1.02 bits per heavy atom. The molecule has 1 fully saturated rings. The maximum Gasteiger partial charge on any atom is 0.328 e. The predicted octanol–water partition coefficient (Wildman–Crippen LogP) is 6.64. The van der Waals surface area contributed by atoms with Crippen molar-refractivity contribution >= 4 is 11.9 Å². The van der Waals surface area contributed by atoms with E-state index >= 15 is 0 Å². The van der Waals surface area contributed by atoms with Crippen LogP contribution in [0.3, 0.4) is 0 Å². The minimum atomic E-state index is -0.865. The third-order valence-corrected chi connectivity index (χ3v) is 7.45. The highest BCUT2D eigenvalue weighted by molar-refractivity contribution is 5.84. The number of aliphatic hydroxyl groups is 1. The van der Waals surface area contributed by atoms with E-state index in [0.29, 0.717) is 23.5 Å². The van der Waals surface area contributed by atoms with Crippen molar-refractivity contribution < 1.29 is 29.4 Å². The summed E-state index contributed by atoms with van der Waals surface area (Å²) in [7, 11) is 0. The molecule has 0 heterocycles. The first-order chi connectivity index (χ1) is 20.8. The molecule has 0 saturated heterocycles. The van der Waals surface area contributed by atoms with E-state index in [1.54, 1.807) is 31.2 Å². The second-order valence-corrected chi connectivity index (χ2v) is 11.0. The van der Waals surface area contributed by atoms with Gasteiger partial charge < -0.3 is 20.0 Å². The van der Waals surface area contributed by atoms with Crippen LogP contribution >= 0.6 is 0 Å². The molecule has 2 aromatic rings. The van der Waals surface area contributed by atoms with E-state index in [-0.39, 0.29) is 25.2 Å². The van der Waals surface area contributed by atoms with Crippen LogP contribution in [0.25, 0.3) is 0 Å². The Bertz CT molecular complexity index is 1120. The molecule has 1 aliphatic carbocycles. The van der Waals surface area contributed by atoms with Gasteiger partial charge in [-0.05, 0) is 81.4 Å². The molecule has 9 nitrogen and oxygen atoms in total. The van der Waals surface area contributed by atoms with Crippen LogP contribution in [-0.4, -0.2) is 34.2 Å². The summed E-state index contributed by atoms with van der Waals surface area (Å²) in [6, 6.07) is 16.7. The van der Waals surface area contributed by atoms with E-state index in [1.807, 2.05) is 19.1 Å². The Morgan fingerprint density at radius 3 is 2.42 bits per heavy atom. The van der Waals surface area contributed by atoms with Crippen molar-refractivity contribution in [3.63, 3.8) is 0 Å². The number of ether oxygens (including phenoxy) is 1. The Hall–Kier alpha value is -3.72. The fourth-order valence-corrected chi connectivity index (χ4v) is 5.05. The lowest BCUT2D eigenvalue weighted by molar-refractivity contribution is -0.763. The monoisotopic (exact) mass is 596 g/mol. The summed E-state index contributed by atoms with van der Waals surface area (Å²) >= 11 is 0. The van der Waals surface area contributed by atoms with E-state index in [1.165, 1.54) is 50.5 Å². The molecular formula is C34H48N2O7. The molecule has 43 heavy (non-hydrogen) atoms. The predicted molar refractivity (Wildman–Crippen MR) is 166 cm³/mol. The minimum absolute atomic E-state index is 0.00382. The molecular weight excluding hydrogens is 548 g/mol. The number of esters is 1. The standard InChI is InChI=1S/C18H24N2O6.C16H24O/c1-3-4-5-6-10-17(21)19-14(2)18(22)25-12-15-8-7-9-16(11-15)13-26-20(23)24;17-16-13-7-12-15(16)11-6-2-5-10-14-8-3-1-4-9-14/h3-4,7-9,11,14H,5-6,10,12-13H2,1-2H3,(H,19,21);1,3-4,8-9,15-17H,2,5-7,10-13H2/b4-3-;. The first kappa shape index (κ1) is 35.5. The largest absolute Gasteiger partial charge is 0.459 e. The highest BCUT2D eigenvalue weighted by Crippen LogP contribution is 2.29. The second kappa shape index (κ2) is 21.0. The van der Waals surface area contributed by atoms with Gasteiger partial charge in [0.1, 0.15) is 19.3 Å². The van der Waals surface area contributed by atoms with Crippen molar-refractivity contribution in [3.8, 4) is 0 Å². The van der Waals surface area contributed by atoms with Gasteiger partial charge in [-0.25, -0.2) is 4.79 Å². The molecule has 1 saturated carbocycles. The Morgan fingerprint density at radius 2 is 1.74 bits per heavy atom. The van der Waals surface area contributed by atoms with Gasteiger partial charge in [-0.15, -0.1) is 10.1 Å². The van der Waals surface area contributed by atoms with Crippen LogP contribution in [0.2, 0.25) is 0 Å². The van der Waals surface area contributed by atoms with Gasteiger partial charge in [-0.3, -0.25) is 4.79 Å². The van der Waals surface area contributed by atoms with Gasteiger partial charge in [-0.1, -0.05) is 86.0 Å². The van der Waals surface area contributed by atoms with Crippen LogP contribution in [0.15, 0.2) is 66.7 Å². The van der Waals surface area contributed by atoms with Crippen LogP contribution in [0.4, 0.5) is 0 Å². The summed E-state index contributed by atoms with van der Waals surface area (Å²) in [6.07, 6.45) is 15.6. The van der Waals surface area contributed by atoms with Crippen molar-refractivity contribution in [3.05, 3.63) is 93.6 Å². The molecule has 3 rings (SSSR count). The molecule has 2 N–H and O–H groups in total. The highest BCUT2D eigenvalue weighted by atomic mass is 16.9. The zero-order chi connectivity index (χ0) is 31.3. The van der Waals surface area contributed by atoms with Gasteiger partial charge in [0.15, 0.2) is 0 Å². The van der Waals surface area contributed by atoms with Gasteiger partial charge in [-0.2, -0.15) is 0 Å². The van der Waals surface area contributed by atoms with Crippen LogP contribution in [-0.2, 0) is 38.8 Å². The quantitative estimate of drug-likeness (QED) is 0.0689. The molecule has 1 amide bonds. The van der Waals surface area contributed by atoms with Crippen molar-refractivity contribution in [2.45, 2.75) is 110 Å². The average molecular weight is 597 g/mol. The molecule has 0 aliphatic heterocycles. The molecule has 0 bridgehead atoms. The van der Waals surface area contributed by atoms with E-state index < -0.39 is 17.1 Å². The maximum atomic E-state index is 12.0. The number of hydrogen-bond acceptors (Lipinski definition) is 7. The van der Waals surface area contributed by atoms with Gasteiger partial charge in [0.05, 0.1) is 6.10 Å². The zero-order valence-corrected chi connectivity index (χ0v) is 25.6. The summed E-state index contributed by atoms with van der Waals surface area (Å²) < 4.78 is 5.17. The molecule has 0 spiro atoms. The highest BCUT2D eigenvalue weighted by Gasteiger charge is 2.24. The van der Waals surface area contributed by atoms with E-state index in [2.05, 4.69) is 40.5 Å². The summed E-state index contributed by atoms with van der Waals surface area (Å²) in [5, 5.41) is 21.7. The summed E-state index contributed by atoms with van der Waals surface area (Å²) in [5.41, 5.74) is 2.72. The van der Waals surface area contributed by atoms with Crippen LogP contribution in [0.1, 0.15) is 94.7 Å². The second-order valence-electron chi connectivity index (χ2n) is 11.0. The smallest absolute Gasteiger partial charge is 0.328 e. The number of unbranched alkanes of at least 4 members (excludes halogenated alkanes) is 3. The lowest BCUT2D eigenvalue weighted by Crippen LogP contribution is -2.39. The molecule has 3 unspecified atom stereocenters. The SMILES string of the molecule is C/C=C\CCCC(=O)NC(C)C(=O)OCc1cccc(CO[N+](=O)[O-])c1.OC1CCCC1CCCCCc1ccccc1. The van der Waals surface area contributed by atoms with Crippen molar-refractivity contribution in [1.29, 1.82) is 0 Å². The molecule has 0 aromatic heterocycles. The number of aryl methyl sites for hydroxylation is 1. The molecule has 3 atom stereocenters. The first-order valence-electron chi connectivity index (χ1n) is 15.4. The van der Waals surface area contributed by atoms with Gasteiger partial charge in [0.25, 0.3) is 5.09 Å². The lowest BCUT2D eigenvalue weighted by Gasteiger charge is -2.13. The number of amides is 1. The number of carbonyl (C=O) groups excluding carboxylic acids is 2. The number of aliphatic hydroxyl groups excluding tert-OH is 1. The maximum absolute atomic E-state index is 12.0. The number of nitrogens with one attached hydrogen (secondary N) is 1. The number of nitrogens with zero attached hydrogens (tertiary/aromatic N) is 1. The number of hydrogen-bond donors (Lipinski definition) is 2. The van der Waals surface area contributed by atoms with E-state index in [0.717, 1.165) is 19.3 Å². The van der Waals surface area contributed by atoms with Crippen molar-refractivity contribution in [1.82, 2.24) is 5.32 Å². The normalized spacial score (nSPS) is 16.6. The van der Waals surface area contributed by atoms with E-state index in [4.69, 9.17) is 4.74 Å². The minimum Gasteiger partial charge on any atom is -0.459 e. The molecule has 9 heteroatoms. The van der Waals surface area contributed by atoms with Gasteiger partial charge in [0, 0.05) is 6.42 Å².